The maximum atomic E-state index is 5.31. The number of hydrogen-bond donors (Lipinski definition) is 1. The van der Waals surface area contributed by atoms with E-state index in [0.29, 0.717) is 5.92 Å². The van der Waals surface area contributed by atoms with Gasteiger partial charge in [0.2, 0.25) is 0 Å². The molecular formula is C11H17N3O. The highest BCUT2D eigenvalue weighted by Gasteiger charge is 2.14. The third-order valence-electron chi connectivity index (χ3n) is 2.63. The van der Waals surface area contributed by atoms with Gasteiger partial charge in [0.25, 0.3) is 0 Å². The summed E-state index contributed by atoms with van der Waals surface area (Å²) >= 11 is 0. The van der Waals surface area contributed by atoms with Crippen molar-refractivity contribution in [1.82, 2.24) is 15.1 Å². The van der Waals surface area contributed by atoms with Gasteiger partial charge in [-0.15, -0.1) is 0 Å². The van der Waals surface area contributed by atoms with Crippen LogP contribution in [0, 0.1) is 5.92 Å². The predicted molar refractivity (Wildman–Crippen MR) is 59.2 cm³/mol. The Bertz CT molecular complexity index is 315. The van der Waals surface area contributed by atoms with Crippen LogP contribution in [0.25, 0.3) is 6.20 Å². The molecule has 1 saturated heterocycles. The van der Waals surface area contributed by atoms with Crippen molar-refractivity contribution in [2.75, 3.05) is 19.8 Å². The molecule has 1 aliphatic heterocycles. The van der Waals surface area contributed by atoms with Gasteiger partial charge in [-0.1, -0.05) is 6.58 Å². The number of rotatable bonds is 5. The fourth-order valence-electron chi connectivity index (χ4n) is 1.73. The lowest BCUT2D eigenvalue weighted by atomic mass is 10.1. The summed E-state index contributed by atoms with van der Waals surface area (Å²) in [6.07, 6.45) is 6.71. The van der Waals surface area contributed by atoms with Gasteiger partial charge in [0, 0.05) is 37.7 Å². The van der Waals surface area contributed by atoms with Crippen molar-refractivity contribution in [1.29, 1.82) is 0 Å². The monoisotopic (exact) mass is 207 g/mol. The van der Waals surface area contributed by atoms with Gasteiger partial charge < -0.3 is 10.1 Å². The first-order valence-electron chi connectivity index (χ1n) is 5.32. The van der Waals surface area contributed by atoms with Crippen molar-refractivity contribution in [3.63, 3.8) is 0 Å². The van der Waals surface area contributed by atoms with Crippen LogP contribution in [0.2, 0.25) is 0 Å². The molecule has 1 unspecified atom stereocenters. The van der Waals surface area contributed by atoms with Gasteiger partial charge in [0.15, 0.2) is 0 Å². The molecule has 2 rings (SSSR count). The number of nitrogens with zero attached hydrogens (tertiary/aromatic N) is 2. The van der Waals surface area contributed by atoms with Gasteiger partial charge in [0.05, 0.1) is 12.8 Å². The van der Waals surface area contributed by atoms with Crippen molar-refractivity contribution in [2.45, 2.75) is 13.0 Å². The predicted octanol–water partition coefficient (Wildman–Crippen LogP) is 1.11. The van der Waals surface area contributed by atoms with E-state index in [-0.39, 0.29) is 0 Å². The molecule has 4 heteroatoms. The molecule has 0 radical (unpaired) electrons. The fraction of sp³-hybridized carbons (Fsp3) is 0.545. The molecular weight excluding hydrogens is 190 g/mol. The first-order chi connectivity index (χ1) is 7.38. The van der Waals surface area contributed by atoms with Crippen LogP contribution in [-0.4, -0.2) is 29.5 Å². The van der Waals surface area contributed by atoms with Crippen LogP contribution in [0.1, 0.15) is 12.0 Å². The third kappa shape index (κ3) is 2.91. The van der Waals surface area contributed by atoms with E-state index in [0.717, 1.165) is 26.3 Å². The lowest BCUT2D eigenvalue weighted by molar-refractivity contribution is 0.185. The Kier molecular flexibility index (Phi) is 3.53. The largest absolute Gasteiger partial charge is 0.381 e. The molecule has 0 amide bonds. The lowest BCUT2D eigenvalue weighted by Gasteiger charge is -2.07. The summed E-state index contributed by atoms with van der Waals surface area (Å²) in [6.45, 7) is 7.36. The second-order valence-corrected chi connectivity index (χ2v) is 3.87. The summed E-state index contributed by atoms with van der Waals surface area (Å²) in [6, 6.07) is 0. The van der Waals surface area contributed by atoms with E-state index in [4.69, 9.17) is 4.74 Å². The summed E-state index contributed by atoms with van der Waals surface area (Å²) in [5, 5.41) is 7.53. The number of hydrogen-bond acceptors (Lipinski definition) is 3. The second kappa shape index (κ2) is 5.09. The first kappa shape index (κ1) is 10.4. The highest BCUT2D eigenvalue weighted by Crippen LogP contribution is 2.10. The summed E-state index contributed by atoms with van der Waals surface area (Å²) < 4.78 is 7.03. The minimum absolute atomic E-state index is 0.680. The molecule has 82 valence electrons. The molecule has 15 heavy (non-hydrogen) atoms. The standard InChI is InChI=1S/C11H17N3O/c1-2-14-8-11(7-13-14)6-12-5-10-3-4-15-9-10/h2,7-8,10,12H,1,3-6,9H2. The number of ether oxygens (including phenoxy) is 1. The lowest BCUT2D eigenvalue weighted by Crippen LogP contribution is -2.22. The van der Waals surface area contributed by atoms with E-state index < -0.39 is 0 Å². The molecule has 1 aromatic rings. The van der Waals surface area contributed by atoms with Crippen molar-refractivity contribution in [3.8, 4) is 0 Å². The molecule has 1 atom stereocenters. The fourth-order valence-corrected chi connectivity index (χ4v) is 1.73. The smallest absolute Gasteiger partial charge is 0.0538 e. The van der Waals surface area contributed by atoms with E-state index in [9.17, 15) is 0 Å². The van der Waals surface area contributed by atoms with Gasteiger partial charge in [0.1, 0.15) is 0 Å². The topological polar surface area (TPSA) is 39.1 Å². The molecule has 0 spiro atoms. The van der Waals surface area contributed by atoms with Crippen LogP contribution in [0.15, 0.2) is 19.0 Å². The van der Waals surface area contributed by atoms with Gasteiger partial charge >= 0.3 is 0 Å². The molecule has 1 fully saturated rings. The van der Waals surface area contributed by atoms with Crippen LogP contribution in [0.4, 0.5) is 0 Å². The third-order valence-corrected chi connectivity index (χ3v) is 2.63. The molecule has 0 aliphatic carbocycles. The molecule has 1 aliphatic rings. The second-order valence-electron chi connectivity index (χ2n) is 3.87. The molecule has 2 heterocycles. The average molecular weight is 207 g/mol. The molecule has 0 aromatic carbocycles. The van der Waals surface area contributed by atoms with Gasteiger partial charge in [-0.2, -0.15) is 5.10 Å². The zero-order valence-electron chi connectivity index (χ0n) is 8.85. The van der Waals surface area contributed by atoms with Gasteiger partial charge in [-0.25, -0.2) is 4.68 Å². The van der Waals surface area contributed by atoms with Gasteiger partial charge in [-0.05, 0) is 12.3 Å². The molecule has 4 nitrogen and oxygen atoms in total. The Balaban J connectivity index is 1.70. The summed E-state index contributed by atoms with van der Waals surface area (Å²) in [5.41, 5.74) is 1.19. The number of nitrogens with one attached hydrogen (secondary N) is 1. The summed E-state index contributed by atoms with van der Waals surface area (Å²) in [4.78, 5) is 0. The Morgan fingerprint density at radius 1 is 1.73 bits per heavy atom. The van der Waals surface area contributed by atoms with E-state index in [2.05, 4.69) is 17.0 Å². The molecule has 1 aromatic heterocycles. The quantitative estimate of drug-likeness (QED) is 0.786. The zero-order valence-corrected chi connectivity index (χ0v) is 8.85. The Morgan fingerprint density at radius 3 is 3.33 bits per heavy atom. The highest BCUT2D eigenvalue weighted by atomic mass is 16.5. The SMILES string of the molecule is C=Cn1cc(CNCC2CCOC2)cn1. The van der Waals surface area contributed by atoms with Crippen LogP contribution >= 0.6 is 0 Å². The summed E-state index contributed by atoms with van der Waals surface area (Å²) in [5.74, 6) is 0.680. The van der Waals surface area contributed by atoms with E-state index in [1.54, 1.807) is 10.9 Å². The Hall–Kier alpha value is -1.13. The van der Waals surface area contributed by atoms with Crippen molar-refractivity contribution in [2.24, 2.45) is 5.92 Å². The Labute approximate surface area is 89.9 Å². The zero-order chi connectivity index (χ0) is 10.5. The Morgan fingerprint density at radius 2 is 2.67 bits per heavy atom. The normalized spacial score (nSPS) is 20.7. The van der Waals surface area contributed by atoms with E-state index in [1.165, 1.54) is 12.0 Å². The molecule has 1 N–H and O–H groups in total. The molecule has 0 bridgehead atoms. The van der Waals surface area contributed by atoms with E-state index >= 15 is 0 Å². The maximum Gasteiger partial charge on any atom is 0.0538 e. The minimum Gasteiger partial charge on any atom is -0.381 e. The maximum absolute atomic E-state index is 5.31. The van der Waals surface area contributed by atoms with Crippen molar-refractivity contribution < 1.29 is 4.74 Å². The van der Waals surface area contributed by atoms with Crippen molar-refractivity contribution in [3.05, 3.63) is 24.5 Å². The summed E-state index contributed by atoms with van der Waals surface area (Å²) in [7, 11) is 0. The van der Waals surface area contributed by atoms with Crippen LogP contribution in [-0.2, 0) is 11.3 Å². The van der Waals surface area contributed by atoms with Crippen molar-refractivity contribution >= 4 is 6.20 Å². The van der Waals surface area contributed by atoms with Crippen LogP contribution in [0.5, 0.6) is 0 Å². The first-order valence-corrected chi connectivity index (χ1v) is 5.32. The average Bonchev–Trinajstić information content (AvgIpc) is 2.88. The van der Waals surface area contributed by atoms with E-state index in [1.807, 2.05) is 12.4 Å². The highest BCUT2D eigenvalue weighted by molar-refractivity contribution is 5.17. The van der Waals surface area contributed by atoms with Gasteiger partial charge in [-0.3, -0.25) is 0 Å². The number of aromatic nitrogens is 2. The molecule has 0 saturated carbocycles. The van der Waals surface area contributed by atoms with Crippen LogP contribution in [0.3, 0.4) is 0 Å². The van der Waals surface area contributed by atoms with Crippen LogP contribution < -0.4 is 5.32 Å². The minimum atomic E-state index is 0.680.